The van der Waals surface area contributed by atoms with Crippen molar-refractivity contribution in [1.82, 2.24) is 9.78 Å². The van der Waals surface area contributed by atoms with Crippen molar-refractivity contribution in [2.24, 2.45) is 0 Å². The molecule has 0 amide bonds. The van der Waals surface area contributed by atoms with E-state index in [1.807, 2.05) is 10.7 Å². The van der Waals surface area contributed by atoms with E-state index in [1.165, 1.54) is 12.1 Å². The van der Waals surface area contributed by atoms with Crippen molar-refractivity contribution < 1.29 is 8.78 Å². The van der Waals surface area contributed by atoms with Crippen LogP contribution in [0.25, 0.3) is 0 Å². The fourth-order valence-electron chi connectivity index (χ4n) is 2.62. The molecule has 3 rings (SSSR count). The van der Waals surface area contributed by atoms with Crippen molar-refractivity contribution in [1.29, 1.82) is 0 Å². The van der Waals surface area contributed by atoms with E-state index in [2.05, 4.69) is 31.2 Å². The number of fused-ring (bicyclic) bond motifs is 1. The SMILES string of the molecule is CC(C)(C)c1cc2n(n1)C(c1ccc(F)c(F)c1)CCN2. The summed E-state index contributed by atoms with van der Waals surface area (Å²) in [5.41, 5.74) is 1.68. The van der Waals surface area contributed by atoms with Crippen molar-refractivity contribution >= 4 is 5.82 Å². The quantitative estimate of drug-likeness (QED) is 0.864. The largest absolute Gasteiger partial charge is 0.370 e. The van der Waals surface area contributed by atoms with Crippen molar-refractivity contribution in [3.05, 3.63) is 47.2 Å². The van der Waals surface area contributed by atoms with E-state index in [1.54, 1.807) is 6.07 Å². The van der Waals surface area contributed by atoms with Gasteiger partial charge in [-0.15, -0.1) is 0 Å². The smallest absolute Gasteiger partial charge is 0.159 e. The van der Waals surface area contributed by atoms with Gasteiger partial charge in [0.25, 0.3) is 0 Å². The Morgan fingerprint density at radius 2 is 1.95 bits per heavy atom. The third kappa shape index (κ3) is 2.52. The number of hydrogen-bond acceptors (Lipinski definition) is 2. The van der Waals surface area contributed by atoms with Gasteiger partial charge >= 0.3 is 0 Å². The molecule has 1 aliphatic heterocycles. The number of anilines is 1. The Morgan fingerprint density at radius 3 is 2.62 bits per heavy atom. The fourth-order valence-corrected chi connectivity index (χ4v) is 2.62. The van der Waals surface area contributed by atoms with Crippen molar-refractivity contribution in [2.45, 2.75) is 38.6 Å². The van der Waals surface area contributed by atoms with E-state index in [9.17, 15) is 8.78 Å². The van der Waals surface area contributed by atoms with Gasteiger partial charge < -0.3 is 5.32 Å². The van der Waals surface area contributed by atoms with Crippen LogP contribution in [0.4, 0.5) is 14.6 Å². The first-order valence-corrected chi connectivity index (χ1v) is 7.15. The van der Waals surface area contributed by atoms with E-state index in [0.29, 0.717) is 0 Å². The summed E-state index contributed by atoms with van der Waals surface area (Å²) in [6, 6.07) is 6.06. The van der Waals surface area contributed by atoms with Crippen LogP contribution in [0.2, 0.25) is 0 Å². The topological polar surface area (TPSA) is 29.9 Å². The lowest BCUT2D eigenvalue weighted by Gasteiger charge is -2.26. The highest BCUT2D eigenvalue weighted by atomic mass is 19.2. The maximum Gasteiger partial charge on any atom is 0.159 e. The molecule has 1 aliphatic rings. The number of hydrogen-bond donors (Lipinski definition) is 1. The summed E-state index contributed by atoms with van der Waals surface area (Å²) in [5.74, 6) is -0.694. The molecule has 2 heterocycles. The van der Waals surface area contributed by atoms with Gasteiger partial charge in [0.05, 0.1) is 11.7 Å². The minimum atomic E-state index is -0.816. The minimum absolute atomic E-state index is 0.0510. The number of nitrogens with one attached hydrogen (secondary N) is 1. The van der Waals surface area contributed by atoms with Crippen LogP contribution in [-0.2, 0) is 5.41 Å². The molecule has 1 aromatic heterocycles. The van der Waals surface area contributed by atoms with Crippen LogP contribution >= 0.6 is 0 Å². The molecule has 21 heavy (non-hydrogen) atoms. The number of rotatable bonds is 1. The van der Waals surface area contributed by atoms with Gasteiger partial charge in [-0.1, -0.05) is 26.8 Å². The Balaban J connectivity index is 2.03. The summed E-state index contributed by atoms with van der Waals surface area (Å²) in [7, 11) is 0. The highest BCUT2D eigenvalue weighted by Crippen LogP contribution is 2.33. The Kier molecular flexibility index (Phi) is 3.23. The number of halogens is 2. The summed E-state index contributed by atoms with van der Waals surface area (Å²) in [5, 5.41) is 7.98. The first-order chi connectivity index (χ1) is 9.86. The van der Waals surface area contributed by atoms with Crippen LogP contribution in [0.5, 0.6) is 0 Å². The van der Waals surface area contributed by atoms with Gasteiger partial charge in [-0.2, -0.15) is 5.10 Å². The predicted molar refractivity (Wildman–Crippen MR) is 78.5 cm³/mol. The Morgan fingerprint density at radius 1 is 1.19 bits per heavy atom. The summed E-state index contributed by atoms with van der Waals surface area (Å²) in [4.78, 5) is 0. The van der Waals surface area contributed by atoms with E-state index in [-0.39, 0.29) is 11.5 Å². The molecule has 0 saturated carbocycles. The summed E-state index contributed by atoms with van der Waals surface area (Å²) in [6.45, 7) is 7.11. The van der Waals surface area contributed by atoms with Crippen LogP contribution in [-0.4, -0.2) is 16.3 Å². The molecule has 1 atom stereocenters. The Labute approximate surface area is 123 Å². The lowest BCUT2D eigenvalue weighted by Crippen LogP contribution is -2.24. The molecule has 0 aliphatic carbocycles. The standard InChI is InChI=1S/C16H19F2N3/c1-16(2,3)14-9-15-19-7-6-13(21(15)20-14)10-4-5-11(17)12(18)8-10/h4-5,8-9,13,19H,6-7H2,1-3H3. The molecule has 0 radical (unpaired) electrons. The molecule has 0 bridgehead atoms. The highest BCUT2D eigenvalue weighted by Gasteiger charge is 2.27. The van der Waals surface area contributed by atoms with Gasteiger partial charge in [0.2, 0.25) is 0 Å². The van der Waals surface area contributed by atoms with Crippen molar-refractivity contribution in [3.63, 3.8) is 0 Å². The minimum Gasteiger partial charge on any atom is -0.370 e. The molecule has 0 saturated heterocycles. The van der Waals surface area contributed by atoms with Crippen LogP contribution in [0.15, 0.2) is 24.3 Å². The van der Waals surface area contributed by atoms with Crippen LogP contribution in [0.3, 0.4) is 0 Å². The zero-order valence-corrected chi connectivity index (χ0v) is 12.5. The average molecular weight is 291 g/mol. The van der Waals surface area contributed by atoms with Crippen LogP contribution in [0.1, 0.15) is 44.5 Å². The molecule has 1 aromatic carbocycles. The average Bonchev–Trinajstić information content (AvgIpc) is 2.86. The van der Waals surface area contributed by atoms with E-state index in [0.717, 1.165) is 30.0 Å². The summed E-state index contributed by atoms with van der Waals surface area (Å²) < 4.78 is 28.5. The monoisotopic (exact) mass is 291 g/mol. The lowest BCUT2D eigenvalue weighted by atomic mass is 9.92. The van der Waals surface area contributed by atoms with Gasteiger partial charge in [-0.3, -0.25) is 0 Å². The summed E-state index contributed by atoms with van der Waals surface area (Å²) >= 11 is 0. The zero-order chi connectivity index (χ0) is 15.2. The van der Waals surface area contributed by atoms with E-state index >= 15 is 0 Å². The molecular weight excluding hydrogens is 272 g/mol. The number of benzene rings is 1. The first-order valence-electron chi connectivity index (χ1n) is 7.15. The molecule has 0 fully saturated rings. The van der Waals surface area contributed by atoms with Crippen LogP contribution in [0, 0.1) is 11.6 Å². The molecule has 1 unspecified atom stereocenters. The Bertz CT molecular complexity index is 671. The third-order valence-electron chi connectivity index (χ3n) is 3.85. The summed E-state index contributed by atoms with van der Waals surface area (Å²) in [6.07, 6.45) is 0.795. The van der Waals surface area contributed by atoms with E-state index in [4.69, 9.17) is 0 Å². The maximum absolute atomic E-state index is 13.5. The molecule has 2 aromatic rings. The predicted octanol–water partition coefficient (Wildman–Crippen LogP) is 3.86. The molecule has 112 valence electrons. The van der Waals surface area contributed by atoms with Gasteiger partial charge in [0.15, 0.2) is 11.6 Å². The molecular formula is C16H19F2N3. The van der Waals surface area contributed by atoms with Gasteiger partial charge in [-0.25, -0.2) is 13.5 Å². The normalized spacial score (nSPS) is 18.2. The zero-order valence-electron chi connectivity index (χ0n) is 12.5. The van der Waals surface area contributed by atoms with Gasteiger partial charge in [-0.05, 0) is 24.1 Å². The number of nitrogens with zero attached hydrogens (tertiary/aromatic N) is 2. The second-order valence-corrected chi connectivity index (χ2v) is 6.51. The lowest BCUT2D eigenvalue weighted by molar-refractivity contribution is 0.455. The first kappa shape index (κ1) is 14.0. The molecule has 1 N–H and O–H groups in total. The Hall–Kier alpha value is -1.91. The maximum atomic E-state index is 13.5. The fraction of sp³-hybridized carbons (Fsp3) is 0.438. The second-order valence-electron chi connectivity index (χ2n) is 6.51. The van der Waals surface area contributed by atoms with Crippen molar-refractivity contribution in [2.75, 3.05) is 11.9 Å². The molecule has 3 nitrogen and oxygen atoms in total. The van der Waals surface area contributed by atoms with E-state index < -0.39 is 11.6 Å². The van der Waals surface area contributed by atoms with Gasteiger partial charge in [0.1, 0.15) is 5.82 Å². The van der Waals surface area contributed by atoms with Crippen molar-refractivity contribution in [3.8, 4) is 0 Å². The third-order valence-corrected chi connectivity index (χ3v) is 3.85. The van der Waals surface area contributed by atoms with Crippen LogP contribution < -0.4 is 5.32 Å². The second kappa shape index (κ2) is 4.83. The molecule has 0 spiro atoms. The van der Waals surface area contributed by atoms with Gasteiger partial charge in [0, 0.05) is 18.0 Å². The highest BCUT2D eigenvalue weighted by molar-refractivity contribution is 5.43. The number of aromatic nitrogens is 2. The molecule has 5 heteroatoms.